The Balaban J connectivity index is 1.81. The molecule has 1 aliphatic rings. The zero-order valence-corrected chi connectivity index (χ0v) is 25.5. The zero-order chi connectivity index (χ0) is 31.7. The maximum absolute atomic E-state index is 14.5. The van der Waals surface area contributed by atoms with Crippen molar-refractivity contribution in [2.75, 3.05) is 6.61 Å². The van der Waals surface area contributed by atoms with Crippen LogP contribution < -0.4 is 4.74 Å². The average Bonchev–Trinajstić information content (AvgIpc) is 2.92. The molecule has 3 aromatic rings. The van der Waals surface area contributed by atoms with E-state index in [1.54, 1.807) is 58.0 Å². The highest BCUT2D eigenvalue weighted by Gasteiger charge is 2.42. The first kappa shape index (κ1) is 32.5. The Labute approximate surface area is 253 Å². The molecule has 1 heterocycles. The summed E-state index contributed by atoms with van der Waals surface area (Å²) in [6.45, 7) is 6.81. The average molecular weight is 639 g/mol. The first-order valence-corrected chi connectivity index (χ1v) is 15.5. The van der Waals surface area contributed by atoms with Gasteiger partial charge in [0.05, 0.1) is 32.8 Å². The van der Waals surface area contributed by atoms with Crippen molar-refractivity contribution in [3.8, 4) is 5.75 Å². The van der Waals surface area contributed by atoms with Crippen LogP contribution >= 0.6 is 11.6 Å². The van der Waals surface area contributed by atoms with E-state index in [1.165, 1.54) is 12.1 Å². The van der Waals surface area contributed by atoms with Gasteiger partial charge < -0.3 is 9.47 Å². The predicted octanol–water partition coefficient (Wildman–Crippen LogP) is 8.70. The molecule has 11 heteroatoms. The van der Waals surface area contributed by atoms with Gasteiger partial charge in [-0.25, -0.2) is 12.8 Å². The van der Waals surface area contributed by atoms with E-state index in [2.05, 4.69) is 0 Å². The minimum Gasteiger partial charge on any atom is -0.490 e. The third-order valence-electron chi connectivity index (χ3n) is 7.32. The summed E-state index contributed by atoms with van der Waals surface area (Å²) in [5.41, 5.74) is -0.701. The third-order valence-corrected chi connectivity index (χ3v) is 9.74. The fourth-order valence-electron chi connectivity index (χ4n) is 5.22. The molecule has 0 bridgehead atoms. The lowest BCUT2D eigenvalue weighted by molar-refractivity contribution is -0.155. The minimum atomic E-state index is -4.74. The summed E-state index contributed by atoms with van der Waals surface area (Å²) in [5, 5.41) is -1.10. The number of alkyl halides is 3. The van der Waals surface area contributed by atoms with Gasteiger partial charge in [-0.3, -0.25) is 4.79 Å². The number of hydrogen-bond donors (Lipinski definition) is 0. The van der Waals surface area contributed by atoms with E-state index < -0.39 is 55.0 Å². The first-order chi connectivity index (χ1) is 20.0. The number of hydrogen-bond acceptors (Lipinski definition) is 5. The molecule has 5 nitrogen and oxygen atoms in total. The number of allylic oxidation sites excluding steroid dienone is 1. The maximum Gasteiger partial charge on any atom is 0.416 e. The Kier molecular flexibility index (Phi) is 9.32. The van der Waals surface area contributed by atoms with E-state index in [0.717, 1.165) is 18.2 Å². The Bertz CT molecular complexity index is 1640. The van der Waals surface area contributed by atoms with Gasteiger partial charge in [0.15, 0.2) is 9.84 Å². The molecule has 0 aliphatic carbocycles. The van der Waals surface area contributed by atoms with Crippen LogP contribution in [-0.4, -0.2) is 27.1 Å². The van der Waals surface area contributed by atoms with Crippen molar-refractivity contribution in [1.29, 1.82) is 0 Å². The Morgan fingerprint density at radius 3 is 2.44 bits per heavy atom. The van der Waals surface area contributed by atoms with Crippen molar-refractivity contribution >= 4 is 39.1 Å². The molecular weight excluding hydrogens is 608 g/mol. The zero-order valence-electron chi connectivity index (χ0n) is 24.0. The molecule has 0 fully saturated rings. The van der Waals surface area contributed by atoms with Crippen LogP contribution in [0, 0.1) is 11.2 Å². The van der Waals surface area contributed by atoms with Gasteiger partial charge in [-0.2, -0.15) is 13.2 Å². The lowest BCUT2D eigenvalue weighted by Crippen LogP contribution is -2.37. The molecule has 1 unspecified atom stereocenters. The summed E-state index contributed by atoms with van der Waals surface area (Å²) in [4.78, 5) is 12.1. The number of benzene rings is 3. The molecule has 3 aromatic carbocycles. The topological polar surface area (TPSA) is 69.7 Å². The number of halogens is 5. The molecule has 43 heavy (non-hydrogen) atoms. The van der Waals surface area contributed by atoms with Crippen LogP contribution in [0.15, 0.2) is 65.6 Å². The van der Waals surface area contributed by atoms with Gasteiger partial charge in [-0.05, 0) is 87.7 Å². The van der Waals surface area contributed by atoms with Crippen LogP contribution in [-0.2, 0) is 25.5 Å². The van der Waals surface area contributed by atoms with Crippen LogP contribution in [0.25, 0.3) is 11.6 Å². The summed E-state index contributed by atoms with van der Waals surface area (Å²) in [7, 11) is -4.39. The van der Waals surface area contributed by atoms with E-state index in [1.807, 2.05) is 0 Å². The number of carbonyl (C=O) groups is 1. The standard InChI is InChI=1S/C32H31ClF4O5S/c1-5-41-30(38)31(3,4)18-22-17-28(43(39,40)23-9-6-8-21(16-23)32(35,36)37)24-15-20(12-13-27(24)42-22)14-19(2)29-25(33)10-7-11-26(29)34/h6-16,22,28H,5,17-18H2,1-4H3/b19-14+/t22-,28?/m0/s1. The SMILES string of the molecule is CCOC(=O)C(C)(C)C[C@@H]1CC(S(=O)(=O)c2cccc(C(F)(F)F)c2)c2cc(/C=C(\C)c3c(F)cccc3Cl)ccc2O1. The smallest absolute Gasteiger partial charge is 0.416 e. The molecule has 0 spiro atoms. The van der Waals surface area contributed by atoms with Crippen LogP contribution in [0.4, 0.5) is 17.6 Å². The second-order valence-electron chi connectivity index (χ2n) is 11.1. The van der Waals surface area contributed by atoms with Gasteiger partial charge in [0.25, 0.3) is 0 Å². The monoisotopic (exact) mass is 638 g/mol. The molecule has 2 atom stereocenters. The molecule has 4 rings (SSSR count). The number of fused-ring (bicyclic) bond motifs is 1. The van der Waals surface area contributed by atoms with Crippen LogP contribution in [0.5, 0.6) is 5.75 Å². The summed E-state index contributed by atoms with van der Waals surface area (Å²) in [5.74, 6) is -0.792. The highest BCUT2D eigenvalue weighted by Crippen LogP contribution is 2.46. The lowest BCUT2D eigenvalue weighted by Gasteiger charge is -2.35. The summed E-state index contributed by atoms with van der Waals surface area (Å²) >= 11 is 6.22. The van der Waals surface area contributed by atoms with Gasteiger partial charge >= 0.3 is 12.1 Å². The molecule has 0 aromatic heterocycles. The number of esters is 1. The number of sulfone groups is 1. The third kappa shape index (κ3) is 7.07. The van der Waals surface area contributed by atoms with Gasteiger partial charge in [-0.1, -0.05) is 35.9 Å². The highest BCUT2D eigenvalue weighted by atomic mass is 35.5. The van der Waals surface area contributed by atoms with Gasteiger partial charge in [0.1, 0.15) is 17.7 Å². The second-order valence-corrected chi connectivity index (χ2v) is 13.6. The number of carbonyl (C=O) groups excluding carboxylic acids is 1. The molecule has 0 radical (unpaired) electrons. The predicted molar refractivity (Wildman–Crippen MR) is 157 cm³/mol. The van der Waals surface area contributed by atoms with E-state index in [-0.39, 0.29) is 41.3 Å². The van der Waals surface area contributed by atoms with E-state index >= 15 is 0 Å². The summed E-state index contributed by atoms with van der Waals surface area (Å²) in [6, 6.07) is 12.7. The molecule has 1 aliphatic heterocycles. The van der Waals surface area contributed by atoms with Gasteiger partial charge in [0, 0.05) is 17.5 Å². The van der Waals surface area contributed by atoms with Crippen molar-refractivity contribution in [2.45, 2.75) is 63.0 Å². The molecule has 230 valence electrons. The molecule has 0 amide bonds. The van der Waals surface area contributed by atoms with Gasteiger partial charge in [0.2, 0.25) is 0 Å². The molecule has 0 N–H and O–H groups in total. The largest absolute Gasteiger partial charge is 0.490 e. The quantitative estimate of drug-likeness (QED) is 0.140. The van der Waals surface area contributed by atoms with Crippen LogP contribution in [0.1, 0.15) is 68.0 Å². The lowest BCUT2D eigenvalue weighted by atomic mass is 9.84. The van der Waals surface area contributed by atoms with Crippen molar-refractivity contribution in [1.82, 2.24) is 0 Å². The number of ether oxygens (including phenoxy) is 2. The number of rotatable bonds is 8. The normalized spacial score (nSPS) is 17.7. The summed E-state index contributed by atoms with van der Waals surface area (Å²) < 4.78 is 94.4. The maximum atomic E-state index is 14.5. The molecule has 0 saturated heterocycles. The fraction of sp³-hybridized carbons (Fsp3) is 0.344. The van der Waals surface area contributed by atoms with Crippen molar-refractivity contribution in [2.24, 2.45) is 5.41 Å². The molecule has 0 saturated carbocycles. The van der Waals surface area contributed by atoms with Crippen LogP contribution in [0.2, 0.25) is 5.02 Å². The highest BCUT2D eigenvalue weighted by molar-refractivity contribution is 7.91. The molecular formula is C32H31ClF4O5S. The van der Waals surface area contributed by atoms with Crippen molar-refractivity contribution in [3.05, 3.63) is 93.8 Å². The summed E-state index contributed by atoms with van der Waals surface area (Å²) in [6.07, 6.45) is -3.90. The van der Waals surface area contributed by atoms with Crippen molar-refractivity contribution in [3.63, 3.8) is 0 Å². The van der Waals surface area contributed by atoms with Crippen molar-refractivity contribution < 1.29 is 40.2 Å². The first-order valence-electron chi connectivity index (χ1n) is 13.6. The minimum absolute atomic E-state index is 0.104. The van der Waals surface area contributed by atoms with Crippen LogP contribution in [0.3, 0.4) is 0 Å². The Hall–Kier alpha value is -3.37. The Morgan fingerprint density at radius 2 is 1.79 bits per heavy atom. The fourth-order valence-corrected chi connectivity index (χ4v) is 7.40. The van der Waals surface area contributed by atoms with Gasteiger partial charge in [-0.15, -0.1) is 0 Å². The van der Waals surface area contributed by atoms with E-state index in [4.69, 9.17) is 21.1 Å². The Morgan fingerprint density at radius 1 is 1.09 bits per heavy atom. The van der Waals surface area contributed by atoms with E-state index in [9.17, 15) is 30.8 Å². The van der Waals surface area contributed by atoms with E-state index in [0.29, 0.717) is 17.2 Å². The second kappa shape index (κ2) is 12.3.